The second kappa shape index (κ2) is 10.6. The number of nitrogens with zero attached hydrogens (tertiary/aromatic N) is 1. The van der Waals surface area contributed by atoms with E-state index in [2.05, 4.69) is 11.9 Å². The number of hydrogen-bond acceptors (Lipinski definition) is 3. The largest absolute Gasteiger partial charge is 0.489 e. The van der Waals surface area contributed by atoms with Crippen LogP contribution in [0.4, 0.5) is 0 Å². The molecule has 5 heteroatoms. The molecule has 2 aromatic rings. The zero-order valence-corrected chi connectivity index (χ0v) is 17.5. The van der Waals surface area contributed by atoms with Crippen LogP contribution in [0.1, 0.15) is 30.9 Å². The summed E-state index contributed by atoms with van der Waals surface area (Å²) in [6, 6.07) is 17.9. The van der Waals surface area contributed by atoms with Gasteiger partial charge in [0.15, 0.2) is 0 Å². The van der Waals surface area contributed by atoms with Crippen molar-refractivity contribution < 1.29 is 14.3 Å². The van der Waals surface area contributed by atoms with E-state index in [4.69, 9.17) is 4.74 Å². The van der Waals surface area contributed by atoms with Crippen molar-refractivity contribution in [1.29, 1.82) is 0 Å². The lowest BCUT2D eigenvalue weighted by Gasteiger charge is -2.33. The van der Waals surface area contributed by atoms with Crippen molar-refractivity contribution in [2.75, 3.05) is 13.1 Å². The Morgan fingerprint density at radius 1 is 1.10 bits per heavy atom. The monoisotopic (exact) mass is 406 g/mol. The van der Waals surface area contributed by atoms with E-state index >= 15 is 0 Å². The Morgan fingerprint density at radius 3 is 2.40 bits per heavy atom. The average Bonchev–Trinajstić information content (AvgIpc) is 2.81. The fourth-order valence-electron chi connectivity index (χ4n) is 3.76. The molecule has 5 nitrogen and oxygen atoms in total. The van der Waals surface area contributed by atoms with Crippen molar-refractivity contribution >= 4 is 11.8 Å². The molecule has 0 radical (unpaired) electrons. The molecule has 1 aliphatic heterocycles. The number of benzene rings is 2. The lowest BCUT2D eigenvalue weighted by atomic mass is 9.85. The molecular formula is C25H30N2O3. The zero-order chi connectivity index (χ0) is 21.3. The summed E-state index contributed by atoms with van der Waals surface area (Å²) in [7, 11) is 0. The minimum absolute atomic E-state index is 0.0262. The van der Waals surface area contributed by atoms with Crippen molar-refractivity contribution in [2.45, 2.75) is 32.9 Å². The molecule has 1 aliphatic rings. The Morgan fingerprint density at radius 2 is 1.77 bits per heavy atom. The maximum Gasteiger partial charge on any atom is 0.245 e. The van der Waals surface area contributed by atoms with Crippen LogP contribution in [0.15, 0.2) is 67.3 Å². The van der Waals surface area contributed by atoms with Gasteiger partial charge in [0.2, 0.25) is 11.8 Å². The number of nitrogens with one attached hydrogen (secondary N) is 1. The van der Waals surface area contributed by atoms with Gasteiger partial charge in [-0.15, -0.1) is 0 Å². The van der Waals surface area contributed by atoms with Crippen LogP contribution < -0.4 is 10.1 Å². The first-order chi connectivity index (χ1) is 14.6. The van der Waals surface area contributed by atoms with E-state index in [9.17, 15) is 9.59 Å². The Labute approximate surface area is 178 Å². The highest BCUT2D eigenvalue weighted by molar-refractivity contribution is 5.87. The third kappa shape index (κ3) is 5.96. The molecular weight excluding hydrogens is 376 g/mol. The molecule has 1 heterocycles. The minimum atomic E-state index is -0.0699. The molecule has 0 aliphatic carbocycles. The summed E-state index contributed by atoms with van der Waals surface area (Å²) in [6.45, 7) is 7.93. The van der Waals surface area contributed by atoms with Crippen LogP contribution in [0.5, 0.6) is 5.75 Å². The lowest BCUT2D eigenvalue weighted by molar-refractivity contribution is -0.129. The molecule has 0 aromatic heterocycles. The molecule has 1 saturated heterocycles. The van der Waals surface area contributed by atoms with Gasteiger partial charge in [0.05, 0.1) is 0 Å². The summed E-state index contributed by atoms with van der Waals surface area (Å²) in [5, 5.41) is 3.04. The number of rotatable bonds is 8. The van der Waals surface area contributed by atoms with Crippen LogP contribution >= 0.6 is 0 Å². The van der Waals surface area contributed by atoms with Crippen LogP contribution in [0, 0.1) is 11.8 Å². The number of hydrogen-bond donors (Lipinski definition) is 1. The molecule has 1 atom stereocenters. The third-order valence-electron chi connectivity index (χ3n) is 5.79. The van der Waals surface area contributed by atoms with Gasteiger partial charge in [0, 0.05) is 25.6 Å². The standard InChI is InChI=1S/C25H30N2O3/c1-3-24(28)27-15-13-22(14-16-27)19(2)25(29)26-17-20-9-11-23(12-10-20)30-18-21-7-5-4-6-8-21/h3-12,19,22H,1,13-18H2,2H3,(H,26,29). The molecule has 3 rings (SSSR count). The van der Waals surface area contributed by atoms with E-state index in [-0.39, 0.29) is 17.7 Å². The molecule has 0 bridgehead atoms. The molecule has 0 spiro atoms. The van der Waals surface area contributed by atoms with Crippen LogP contribution in [0.2, 0.25) is 0 Å². The van der Waals surface area contributed by atoms with Gasteiger partial charge in [0.1, 0.15) is 12.4 Å². The average molecular weight is 407 g/mol. The summed E-state index contributed by atoms with van der Waals surface area (Å²) >= 11 is 0. The molecule has 1 unspecified atom stereocenters. The van der Waals surface area contributed by atoms with E-state index < -0.39 is 0 Å². The van der Waals surface area contributed by atoms with E-state index in [1.807, 2.05) is 61.5 Å². The van der Waals surface area contributed by atoms with E-state index in [1.165, 1.54) is 6.08 Å². The normalized spacial score (nSPS) is 15.3. The van der Waals surface area contributed by atoms with Gasteiger partial charge < -0.3 is 15.0 Å². The molecule has 1 fully saturated rings. The number of amides is 2. The van der Waals surface area contributed by atoms with Gasteiger partial charge >= 0.3 is 0 Å². The summed E-state index contributed by atoms with van der Waals surface area (Å²) in [5.41, 5.74) is 2.16. The first-order valence-electron chi connectivity index (χ1n) is 10.5. The molecule has 2 amide bonds. The minimum Gasteiger partial charge on any atom is -0.489 e. The van der Waals surface area contributed by atoms with Gasteiger partial charge in [-0.2, -0.15) is 0 Å². The van der Waals surface area contributed by atoms with Crippen LogP contribution in [-0.2, 0) is 22.7 Å². The highest BCUT2D eigenvalue weighted by Crippen LogP contribution is 2.25. The first-order valence-corrected chi connectivity index (χ1v) is 10.5. The molecule has 158 valence electrons. The summed E-state index contributed by atoms with van der Waals surface area (Å²) in [4.78, 5) is 26.1. The van der Waals surface area contributed by atoms with Crippen molar-refractivity contribution in [3.8, 4) is 5.75 Å². The highest BCUT2D eigenvalue weighted by Gasteiger charge is 2.29. The third-order valence-corrected chi connectivity index (χ3v) is 5.79. The van der Waals surface area contributed by atoms with E-state index in [0.717, 1.165) is 29.7 Å². The Balaban J connectivity index is 1.42. The zero-order valence-electron chi connectivity index (χ0n) is 17.5. The van der Waals surface area contributed by atoms with E-state index in [1.54, 1.807) is 4.90 Å². The predicted molar refractivity (Wildman–Crippen MR) is 118 cm³/mol. The van der Waals surface area contributed by atoms with Crippen LogP contribution in [-0.4, -0.2) is 29.8 Å². The van der Waals surface area contributed by atoms with Crippen molar-refractivity contribution in [2.24, 2.45) is 11.8 Å². The summed E-state index contributed by atoms with van der Waals surface area (Å²) in [6.07, 6.45) is 3.05. The second-order valence-corrected chi connectivity index (χ2v) is 7.79. The van der Waals surface area contributed by atoms with E-state index in [0.29, 0.717) is 32.2 Å². The maximum atomic E-state index is 12.6. The highest BCUT2D eigenvalue weighted by atomic mass is 16.5. The van der Waals surface area contributed by atoms with Crippen LogP contribution in [0.3, 0.4) is 0 Å². The SMILES string of the molecule is C=CC(=O)N1CCC(C(C)C(=O)NCc2ccc(OCc3ccccc3)cc2)CC1. The van der Waals surface area contributed by atoms with Gasteiger partial charge in [-0.05, 0) is 48.1 Å². The van der Waals surface area contributed by atoms with Crippen molar-refractivity contribution in [3.05, 3.63) is 78.4 Å². The quantitative estimate of drug-likeness (QED) is 0.676. The summed E-state index contributed by atoms with van der Waals surface area (Å²) < 4.78 is 5.80. The van der Waals surface area contributed by atoms with Crippen molar-refractivity contribution in [1.82, 2.24) is 10.2 Å². The van der Waals surface area contributed by atoms with Gasteiger partial charge in [-0.1, -0.05) is 56.0 Å². The Kier molecular flexibility index (Phi) is 7.66. The fraction of sp³-hybridized carbons (Fsp3) is 0.360. The number of ether oxygens (including phenoxy) is 1. The molecule has 0 saturated carbocycles. The Bertz CT molecular complexity index is 840. The number of carbonyl (C=O) groups is 2. The lowest BCUT2D eigenvalue weighted by Crippen LogP contribution is -2.42. The maximum absolute atomic E-state index is 12.6. The number of likely N-dealkylation sites (tertiary alicyclic amines) is 1. The first kappa shape index (κ1) is 21.6. The fourth-order valence-corrected chi connectivity index (χ4v) is 3.76. The van der Waals surface area contributed by atoms with Crippen molar-refractivity contribution in [3.63, 3.8) is 0 Å². The predicted octanol–water partition coefficient (Wildman–Crippen LogP) is 3.94. The number of carbonyl (C=O) groups excluding carboxylic acids is 2. The smallest absolute Gasteiger partial charge is 0.245 e. The molecule has 2 aromatic carbocycles. The topological polar surface area (TPSA) is 58.6 Å². The number of piperidine rings is 1. The second-order valence-electron chi connectivity index (χ2n) is 7.79. The summed E-state index contributed by atoms with van der Waals surface area (Å²) in [5.74, 6) is 1.07. The Hall–Kier alpha value is -3.08. The molecule has 1 N–H and O–H groups in total. The van der Waals surface area contributed by atoms with Crippen LogP contribution in [0.25, 0.3) is 0 Å². The van der Waals surface area contributed by atoms with Gasteiger partial charge in [-0.25, -0.2) is 0 Å². The van der Waals surface area contributed by atoms with Gasteiger partial charge in [0.25, 0.3) is 0 Å². The van der Waals surface area contributed by atoms with Gasteiger partial charge in [-0.3, -0.25) is 9.59 Å². The molecule has 30 heavy (non-hydrogen) atoms.